The fourth-order valence-corrected chi connectivity index (χ4v) is 5.78. The molecule has 2 aromatic carbocycles. The monoisotopic (exact) mass is 447 g/mol. The molecular weight excluding hydrogens is 430 g/mol. The van der Waals surface area contributed by atoms with Crippen LogP contribution in [0.15, 0.2) is 55.3 Å². The molecule has 1 aliphatic rings. The number of para-hydroxylation sites is 1. The Hall–Kier alpha value is -3.16. The molecule has 0 aliphatic carbocycles. The summed E-state index contributed by atoms with van der Waals surface area (Å²) in [5.74, 6) is 0.233. The van der Waals surface area contributed by atoms with E-state index in [2.05, 4.69) is 20.2 Å². The summed E-state index contributed by atoms with van der Waals surface area (Å²) in [4.78, 5) is 7.45. The van der Waals surface area contributed by atoms with Gasteiger partial charge in [0.05, 0.1) is 21.5 Å². The summed E-state index contributed by atoms with van der Waals surface area (Å²) in [6, 6.07) is 7.96. The normalized spacial score (nSPS) is 14.4. The third-order valence-corrected chi connectivity index (χ3v) is 6.98. The van der Waals surface area contributed by atoms with E-state index >= 15 is 0 Å². The highest BCUT2D eigenvalue weighted by atomic mass is 32.2. The topological polar surface area (TPSA) is 175 Å². The quantitative estimate of drug-likeness (QED) is 0.604. The Morgan fingerprint density at radius 1 is 1.07 bits per heavy atom. The summed E-state index contributed by atoms with van der Waals surface area (Å²) in [5.41, 5.74) is 7.96. The Morgan fingerprint density at radius 3 is 2.40 bits per heavy atom. The molecule has 13 heteroatoms. The molecule has 1 aliphatic heterocycles. The van der Waals surface area contributed by atoms with Crippen molar-refractivity contribution in [3.63, 3.8) is 0 Å². The lowest BCUT2D eigenvalue weighted by Gasteiger charge is -2.16. The minimum Gasteiger partial charge on any atom is -0.369 e. The van der Waals surface area contributed by atoms with Crippen molar-refractivity contribution in [3.05, 3.63) is 35.9 Å². The van der Waals surface area contributed by atoms with Gasteiger partial charge in [-0.25, -0.2) is 32.0 Å². The van der Waals surface area contributed by atoms with E-state index in [4.69, 9.17) is 10.9 Å². The van der Waals surface area contributed by atoms with Crippen molar-refractivity contribution in [2.24, 2.45) is 27.4 Å². The minimum absolute atomic E-state index is 0.0112. The molecule has 0 atom stereocenters. The highest BCUT2D eigenvalue weighted by Gasteiger charge is 2.31. The predicted octanol–water partition coefficient (Wildman–Crippen LogP) is 1.04. The van der Waals surface area contributed by atoms with Crippen LogP contribution in [-0.4, -0.2) is 45.1 Å². The molecule has 0 fully saturated rings. The fourth-order valence-electron chi connectivity index (χ4n) is 3.39. The number of nitrogens with two attached hydrogens (primary N) is 2. The summed E-state index contributed by atoms with van der Waals surface area (Å²) in [7, 11) is -6.68. The average Bonchev–Trinajstić information content (AvgIpc) is 3.28. The number of aromatic nitrogens is 2. The first-order chi connectivity index (χ1) is 14.0. The number of hydrogen-bond acceptors (Lipinski definition) is 9. The van der Waals surface area contributed by atoms with Crippen molar-refractivity contribution in [1.29, 1.82) is 0 Å². The van der Waals surface area contributed by atoms with Crippen LogP contribution in [0.3, 0.4) is 0 Å². The number of azo groups is 1. The second kappa shape index (κ2) is 6.68. The van der Waals surface area contributed by atoms with E-state index in [1.54, 1.807) is 29.8 Å². The summed E-state index contributed by atoms with van der Waals surface area (Å²) in [6.45, 7) is -0.0112. The zero-order chi connectivity index (χ0) is 21.8. The summed E-state index contributed by atoms with van der Waals surface area (Å²) in [5, 5.41) is 13.1. The molecule has 4 rings (SSSR count). The maximum atomic E-state index is 12.5. The molecule has 0 unspecified atom stereocenters. The number of rotatable bonds is 4. The number of aliphatic imine (C=N–C) groups is 1. The van der Waals surface area contributed by atoms with Gasteiger partial charge < -0.3 is 10.3 Å². The maximum absolute atomic E-state index is 12.5. The molecule has 3 aromatic rings. The number of imidazole rings is 1. The number of nitrogens with zero attached hydrogens (tertiary/aromatic N) is 5. The molecule has 156 valence electrons. The van der Waals surface area contributed by atoms with E-state index in [0.717, 1.165) is 6.26 Å². The fraction of sp³-hybridized carbons (Fsp3) is 0.176. The number of aryl methyl sites for hydroxylation is 1. The van der Waals surface area contributed by atoms with Gasteiger partial charge in [-0.1, -0.05) is 18.2 Å². The van der Waals surface area contributed by atoms with Gasteiger partial charge in [0.1, 0.15) is 4.90 Å². The maximum Gasteiger partial charge on any atom is 0.240 e. The second-order valence-corrected chi connectivity index (χ2v) is 10.2. The van der Waals surface area contributed by atoms with Crippen LogP contribution in [0.25, 0.3) is 22.2 Å². The first-order valence-electron chi connectivity index (χ1n) is 8.53. The van der Waals surface area contributed by atoms with Gasteiger partial charge in [-0.3, -0.25) is 0 Å². The lowest BCUT2D eigenvalue weighted by Crippen LogP contribution is -2.21. The highest BCUT2D eigenvalue weighted by molar-refractivity contribution is 7.93. The molecule has 0 spiro atoms. The third kappa shape index (κ3) is 3.16. The minimum atomic E-state index is -4.48. The van der Waals surface area contributed by atoms with Crippen molar-refractivity contribution in [3.8, 4) is 11.1 Å². The average molecular weight is 448 g/mol. The molecule has 2 heterocycles. The van der Waals surface area contributed by atoms with Crippen LogP contribution in [0.4, 0.5) is 5.95 Å². The molecular formula is C17H17N7O4S2. The van der Waals surface area contributed by atoms with Crippen LogP contribution >= 0.6 is 0 Å². The van der Waals surface area contributed by atoms with Crippen molar-refractivity contribution in [1.82, 2.24) is 9.55 Å². The van der Waals surface area contributed by atoms with Crippen LogP contribution in [-0.2, 0) is 26.9 Å². The lowest BCUT2D eigenvalue weighted by molar-refractivity contribution is 0.586. The van der Waals surface area contributed by atoms with Gasteiger partial charge in [0.2, 0.25) is 16.0 Å². The van der Waals surface area contributed by atoms with E-state index < -0.39 is 29.7 Å². The van der Waals surface area contributed by atoms with E-state index in [1.807, 2.05) is 0 Å². The summed E-state index contributed by atoms with van der Waals surface area (Å²) < 4.78 is 51.4. The molecule has 0 amide bonds. The number of anilines is 1. The first-order valence-corrected chi connectivity index (χ1v) is 12.0. The van der Waals surface area contributed by atoms with Gasteiger partial charge in [-0.2, -0.15) is 5.11 Å². The second-order valence-electron chi connectivity index (χ2n) is 6.70. The summed E-state index contributed by atoms with van der Waals surface area (Å²) >= 11 is 0. The van der Waals surface area contributed by atoms with Crippen LogP contribution in [0, 0.1) is 0 Å². The van der Waals surface area contributed by atoms with Gasteiger partial charge >= 0.3 is 0 Å². The molecule has 0 bridgehead atoms. The number of nitrogen functional groups attached to an aromatic ring is 1. The standard InChI is InChI=1S/C17H17N7O4S2/c1-24-11-5-3-4-10(14(11)22-17(24)18)9-6-7-12(29(2,25)26)15(30(19,27)28)13(9)16-20-8-21-23-16/h3-7H,8H2,1-2H3,(H2,18,22)(H2,19,27,28). The first kappa shape index (κ1) is 20.1. The van der Waals surface area contributed by atoms with E-state index in [0.29, 0.717) is 22.2 Å². The van der Waals surface area contributed by atoms with Gasteiger partial charge in [0, 0.05) is 18.9 Å². The van der Waals surface area contributed by atoms with Gasteiger partial charge in [-0.05, 0) is 17.7 Å². The lowest BCUT2D eigenvalue weighted by atomic mass is 9.97. The number of sulfone groups is 1. The smallest absolute Gasteiger partial charge is 0.240 e. The number of primary sulfonamides is 1. The molecule has 4 N–H and O–H groups in total. The van der Waals surface area contributed by atoms with Crippen molar-refractivity contribution < 1.29 is 16.8 Å². The van der Waals surface area contributed by atoms with Crippen LogP contribution < -0.4 is 10.9 Å². The zero-order valence-electron chi connectivity index (χ0n) is 15.9. The van der Waals surface area contributed by atoms with Crippen molar-refractivity contribution in [2.45, 2.75) is 9.79 Å². The largest absolute Gasteiger partial charge is 0.369 e. The van der Waals surface area contributed by atoms with Crippen LogP contribution in [0.5, 0.6) is 0 Å². The summed E-state index contributed by atoms with van der Waals surface area (Å²) in [6.07, 6.45) is 0.901. The van der Waals surface area contributed by atoms with Crippen LogP contribution in [0.2, 0.25) is 0 Å². The zero-order valence-corrected chi connectivity index (χ0v) is 17.6. The van der Waals surface area contributed by atoms with Crippen molar-refractivity contribution >= 4 is 42.7 Å². The molecule has 0 radical (unpaired) electrons. The Morgan fingerprint density at radius 2 is 1.80 bits per heavy atom. The molecule has 0 saturated heterocycles. The van der Waals surface area contributed by atoms with E-state index in [-0.39, 0.29) is 24.0 Å². The number of hydrogen-bond donors (Lipinski definition) is 2. The van der Waals surface area contributed by atoms with Crippen molar-refractivity contribution in [2.75, 3.05) is 18.7 Å². The highest BCUT2D eigenvalue weighted by Crippen LogP contribution is 2.37. The molecule has 0 saturated carbocycles. The molecule has 1 aromatic heterocycles. The predicted molar refractivity (Wildman–Crippen MR) is 111 cm³/mol. The van der Waals surface area contributed by atoms with E-state index in [9.17, 15) is 16.8 Å². The Balaban J connectivity index is 2.21. The number of sulfonamides is 1. The molecule has 30 heavy (non-hydrogen) atoms. The van der Waals surface area contributed by atoms with Crippen LogP contribution in [0.1, 0.15) is 5.56 Å². The van der Waals surface area contributed by atoms with Gasteiger partial charge in [-0.15, -0.1) is 5.11 Å². The van der Waals surface area contributed by atoms with E-state index in [1.165, 1.54) is 12.1 Å². The molecule has 11 nitrogen and oxygen atoms in total. The Kier molecular flexibility index (Phi) is 4.48. The van der Waals surface area contributed by atoms with Gasteiger partial charge in [0.15, 0.2) is 22.3 Å². The Bertz CT molecular complexity index is 1490. The number of benzene rings is 2. The number of amidine groups is 1. The van der Waals surface area contributed by atoms with Gasteiger partial charge in [0.25, 0.3) is 0 Å². The number of fused-ring (bicyclic) bond motifs is 1. The SMILES string of the molecule is Cn1c(N)nc2c(-c3ccc(S(C)(=O)=O)c(S(N)(=O)=O)c3C3=NCN=N3)cccc21. The Labute approximate surface area is 172 Å². The third-order valence-electron chi connectivity index (χ3n) is 4.71.